The van der Waals surface area contributed by atoms with Gasteiger partial charge >= 0.3 is 5.63 Å². The van der Waals surface area contributed by atoms with Crippen LogP contribution in [0.5, 0.6) is 5.75 Å². The fraction of sp³-hybridized carbons (Fsp3) is 0.188. The molecule has 0 radical (unpaired) electrons. The molecule has 1 heterocycles. The van der Waals surface area contributed by atoms with E-state index in [9.17, 15) is 4.79 Å². The van der Waals surface area contributed by atoms with Crippen LogP contribution in [0.15, 0.2) is 45.6 Å². The fourth-order valence-corrected chi connectivity index (χ4v) is 2.31. The lowest BCUT2D eigenvalue weighted by Gasteiger charge is -2.13. The highest BCUT2D eigenvalue weighted by atomic mass is 16.5. The molecule has 0 aliphatic rings. The molecule has 4 heteroatoms. The van der Waals surface area contributed by atoms with E-state index in [0.29, 0.717) is 16.7 Å². The highest BCUT2D eigenvalue weighted by Crippen LogP contribution is 2.28. The molecule has 1 aromatic heterocycles. The van der Waals surface area contributed by atoms with Gasteiger partial charge in [0.05, 0.1) is 12.5 Å². The van der Waals surface area contributed by atoms with Crippen LogP contribution in [0.3, 0.4) is 0 Å². The number of hydrogen-bond acceptors (Lipinski definition) is 4. The average Bonchev–Trinajstić information content (AvgIpc) is 2.46. The Morgan fingerprint density at radius 2 is 1.75 bits per heavy atom. The molecular formula is C16H15NO3. The van der Waals surface area contributed by atoms with Crippen LogP contribution in [-0.4, -0.2) is 21.2 Å². The number of rotatable bonds is 2. The van der Waals surface area contributed by atoms with Crippen molar-refractivity contribution in [1.82, 2.24) is 0 Å². The Labute approximate surface area is 116 Å². The zero-order valence-electron chi connectivity index (χ0n) is 11.6. The van der Waals surface area contributed by atoms with Crippen molar-refractivity contribution in [3.05, 3.63) is 46.8 Å². The molecule has 20 heavy (non-hydrogen) atoms. The zero-order chi connectivity index (χ0) is 14.3. The van der Waals surface area contributed by atoms with Gasteiger partial charge in [-0.1, -0.05) is 0 Å². The minimum atomic E-state index is -0.345. The van der Waals surface area contributed by atoms with Crippen molar-refractivity contribution >= 4 is 27.4 Å². The summed E-state index contributed by atoms with van der Waals surface area (Å²) in [4.78, 5) is 14.1. The first kappa shape index (κ1) is 12.5. The number of ether oxygens (including phenoxy) is 1. The summed E-state index contributed by atoms with van der Waals surface area (Å²) >= 11 is 0. The molecule has 0 unspecified atom stereocenters. The molecule has 4 nitrogen and oxygen atoms in total. The fourth-order valence-electron chi connectivity index (χ4n) is 2.31. The summed E-state index contributed by atoms with van der Waals surface area (Å²) in [6.07, 6.45) is 0. The standard InChI is InChI=1S/C16H15NO3/c1-17(2)10-4-6-13-12-7-5-11(19-3)9-14(12)16(18)20-15(13)8-10/h4-9H,1-3H3. The van der Waals surface area contributed by atoms with E-state index in [-0.39, 0.29) is 5.63 Å². The minimum Gasteiger partial charge on any atom is -0.497 e. The van der Waals surface area contributed by atoms with E-state index < -0.39 is 0 Å². The van der Waals surface area contributed by atoms with E-state index in [2.05, 4.69) is 0 Å². The van der Waals surface area contributed by atoms with Crippen molar-refractivity contribution in [2.75, 3.05) is 26.1 Å². The molecule has 0 spiro atoms. The normalized spacial score (nSPS) is 10.9. The van der Waals surface area contributed by atoms with Gasteiger partial charge in [-0.05, 0) is 30.3 Å². The van der Waals surface area contributed by atoms with E-state index in [0.717, 1.165) is 16.5 Å². The van der Waals surface area contributed by atoms with E-state index in [1.165, 1.54) is 0 Å². The minimum absolute atomic E-state index is 0.345. The molecule has 0 saturated carbocycles. The van der Waals surface area contributed by atoms with Crippen molar-refractivity contribution in [2.45, 2.75) is 0 Å². The molecule has 3 aromatic rings. The van der Waals surface area contributed by atoms with Crippen LogP contribution in [0, 0.1) is 0 Å². The van der Waals surface area contributed by atoms with E-state index in [4.69, 9.17) is 9.15 Å². The van der Waals surface area contributed by atoms with Crippen molar-refractivity contribution in [1.29, 1.82) is 0 Å². The number of methoxy groups -OCH3 is 1. The smallest absolute Gasteiger partial charge is 0.344 e. The van der Waals surface area contributed by atoms with Gasteiger partial charge in [-0.2, -0.15) is 0 Å². The molecule has 3 rings (SSSR count). The first-order valence-corrected chi connectivity index (χ1v) is 6.32. The summed E-state index contributed by atoms with van der Waals surface area (Å²) in [6, 6.07) is 11.3. The average molecular weight is 269 g/mol. The van der Waals surface area contributed by atoms with Crippen LogP contribution >= 0.6 is 0 Å². The van der Waals surface area contributed by atoms with E-state index in [1.54, 1.807) is 13.2 Å². The first-order chi connectivity index (χ1) is 9.60. The Kier molecular flexibility index (Phi) is 2.86. The molecule has 0 saturated heterocycles. The Morgan fingerprint density at radius 1 is 1.00 bits per heavy atom. The number of benzene rings is 2. The van der Waals surface area contributed by atoms with Gasteiger partial charge in [0.2, 0.25) is 0 Å². The van der Waals surface area contributed by atoms with Crippen molar-refractivity contribution in [3.63, 3.8) is 0 Å². The van der Waals surface area contributed by atoms with E-state index in [1.807, 2.05) is 49.3 Å². The lowest BCUT2D eigenvalue weighted by molar-refractivity contribution is 0.415. The van der Waals surface area contributed by atoms with Gasteiger partial charge in [-0.3, -0.25) is 0 Å². The SMILES string of the molecule is COc1ccc2c(c1)c(=O)oc1cc(N(C)C)ccc12. The predicted molar refractivity (Wildman–Crippen MR) is 80.9 cm³/mol. The van der Waals surface area contributed by atoms with Crippen LogP contribution < -0.4 is 15.3 Å². The molecule has 0 N–H and O–H groups in total. The van der Waals surface area contributed by atoms with Crippen LogP contribution in [0.1, 0.15) is 0 Å². The summed E-state index contributed by atoms with van der Waals surface area (Å²) in [7, 11) is 5.48. The van der Waals surface area contributed by atoms with Crippen LogP contribution in [-0.2, 0) is 0 Å². The molecule has 0 fully saturated rings. The summed E-state index contributed by atoms with van der Waals surface area (Å²) < 4.78 is 10.6. The van der Waals surface area contributed by atoms with Gasteiger partial charge in [0, 0.05) is 36.6 Å². The lowest BCUT2D eigenvalue weighted by Crippen LogP contribution is -2.08. The van der Waals surface area contributed by atoms with Gasteiger partial charge in [0.1, 0.15) is 11.3 Å². The van der Waals surface area contributed by atoms with Crippen LogP contribution in [0.2, 0.25) is 0 Å². The monoisotopic (exact) mass is 269 g/mol. The highest BCUT2D eigenvalue weighted by Gasteiger charge is 2.09. The van der Waals surface area contributed by atoms with Gasteiger partial charge in [0.15, 0.2) is 0 Å². The highest BCUT2D eigenvalue weighted by molar-refractivity contribution is 6.05. The van der Waals surface area contributed by atoms with Gasteiger partial charge < -0.3 is 14.1 Å². The zero-order valence-corrected chi connectivity index (χ0v) is 11.6. The van der Waals surface area contributed by atoms with E-state index >= 15 is 0 Å². The van der Waals surface area contributed by atoms with Crippen molar-refractivity contribution in [2.24, 2.45) is 0 Å². The summed E-state index contributed by atoms with van der Waals surface area (Å²) in [5, 5.41) is 2.34. The summed E-state index contributed by atoms with van der Waals surface area (Å²) in [6.45, 7) is 0. The van der Waals surface area contributed by atoms with Crippen molar-refractivity contribution in [3.8, 4) is 5.75 Å². The van der Waals surface area contributed by atoms with Gasteiger partial charge in [-0.25, -0.2) is 4.79 Å². The Balaban J connectivity index is 2.39. The maximum absolute atomic E-state index is 12.1. The number of anilines is 1. The Hall–Kier alpha value is -2.49. The first-order valence-electron chi connectivity index (χ1n) is 6.32. The largest absolute Gasteiger partial charge is 0.497 e. The van der Waals surface area contributed by atoms with Crippen LogP contribution in [0.25, 0.3) is 21.7 Å². The maximum atomic E-state index is 12.1. The van der Waals surface area contributed by atoms with Crippen molar-refractivity contribution < 1.29 is 9.15 Å². The number of nitrogens with zero attached hydrogens (tertiary/aromatic N) is 1. The topological polar surface area (TPSA) is 42.7 Å². The van der Waals surface area contributed by atoms with Crippen LogP contribution in [0.4, 0.5) is 5.69 Å². The Bertz CT molecular complexity index is 849. The molecule has 0 aliphatic carbocycles. The molecular weight excluding hydrogens is 254 g/mol. The molecule has 102 valence electrons. The lowest BCUT2D eigenvalue weighted by atomic mass is 10.1. The Morgan fingerprint density at radius 3 is 2.45 bits per heavy atom. The molecule has 2 aromatic carbocycles. The summed E-state index contributed by atoms with van der Waals surface area (Å²) in [5.74, 6) is 0.647. The third-order valence-corrected chi connectivity index (χ3v) is 3.42. The second-order valence-electron chi connectivity index (χ2n) is 4.88. The van der Waals surface area contributed by atoms with Gasteiger partial charge in [-0.15, -0.1) is 0 Å². The molecule has 0 aliphatic heterocycles. The number of fused-ring (bicyclic) bond motifs is 3. The molecule has 0 bridgehead atoms. The second kappa shape index (κ2) is 4.56. The number of hydrogen-bond donors (Lipinski definition) is 0. The summed E-state index contributed by atoms with van der Waals surface area (Å²) in [5.41, 5.74) is 1.25. The quantitative estimate of drug-likeness (QED) is 0.530. The second-order valence-corrected chi connectivity index (χ2v) is 4.88. The van der Waals surface area contributed by atoms with Gasteiger partial charge in [0.25, 0.3) is 0 Å². The molecule has 0 amide bonds. The predicted octanol–water partition coefficient (Wildman–Crippen LogP) is 3.02. The maximum Gasteiger partial charge on any atom is 0.344 e. The third kappa shape index (κ3) is 1.90. The molecule has 0 atom stereocenters. The third-order valence-electron chi connectivity index (χ3n) is 3.42.